The summed E-state index contributed by atoms with van der Waals surface area (Å²) >= 11 is 0. The van der Waals surface area contributed by atoms with E-state index in [0.29, 0.717) is 6.07 Å². The molecule has 0 saturated heterocycles. The number of rotatable bonds is 4. The van der Waals surface area contributed by atoms with E-state index < -0.39 is 46.5 Å². The van der Waals surface area contributed by atoms with Crippen LogP contribution in [0.25, 0.3) is 0 Å². The third-order valence-electron chi connectivity index (χ3n) is 2.98. The van der Waals surface area contributed by atoms with Gasteiger partial charge in [-0.25, -0.2) is 9.18 Å². The minimum absolute atomic E-state index is 0.378. The Kier molecular flexibility index (Phi) is 5.39. The second-order valence-electron chi connectivity index (χ2n) is 6.33. The molecule has 1 aromatic carbocycles. The maximum absolute atomic E-state index is 13.7. The van der Waals surface area contributed by atoms with Crippen LogP contribution in [0.15, 0.2) is 18.2 Å². The Labute approximate surface area is 130 Å². The lowest BCUT2D eigenvalue weighted by atomic mass is 9.87. The number of hydrogen-bond acceptors (Lipinski definition) is 2. The maximum atomic E-state index is 13.7. The van der Waals surface area contributed by atoms with E-state index in [-0.39, 0.29) is 6.42 Å². The lowest BCUT2D eigenvalue weighted by Gasteiger charge is -2.28. The molecule has 1 amide bonds. The van der Waals surface area contributed by atoms with Crippen molar-refractivity contribution in [2.24, 2.45) is 5.41 Å². The summed E-state index contributed by atoms with van der Waals surface area (Å²) in [7, 11) is 0. The van der Waals surface area contributed by atoms with Crippen LogP contribution in [-0.4, -0.2) is 29.2 Å². The highest BCUT2D eigenvalue weighted by Crippen LogP contribution is 2.30. The highest BCUT2D eigenvalue weighted by atomic mass is 19.4. The summed E-state index contributed by atoms with van der Waals surface area (Å²) in [5.74, 6) is -3.85. The number of hydrogen-bond donors (Lipinski definition) is 2. The number of carboxylic acid groups (broad SMARTS) is 1. The molecule has 1 rings (SSSR count). The fourth-order valence-corrected chi connectivity index (χ4v) is 1.93. The van der Waals surface area contributed by atoms with Crippen molar-refractivity contribution in [2.75, 3.05) is 0 Å². The van der Waals surface area contributed by atoms with Gasteiger partial charge in [-0.15, -0.1) is 0 Å². The van der Waals surface area contributed by atoms with Gasteiger partial charge in [-0.05, 0) is 30.0 Å². The topological polar surface area (TPSA) is 66.4 Å². The number of alkyl halides is 3. The first-order valence-corrected chi connectivity index (χ1v) is 6.71. The van der Waals surface area contributed by atoms with E-state index in [9.17, 15) is 27.2 Å². The average Bonchev–Trinajstić information content (AvgIpc) is 2.34. The number of carboxylic acids is 1. The van der Waals surface area contributed by atoms with Gasteiger partial charge in [0.25, 0.3) is 5.91 Å². The van der Waals surface area contributed by atoms with Crippen molar-refractivity contribution in [2.45, 2.75) is 39.4 Å². The first-order chi connectivity index (χ1) is 10.3. The minimum Gasteiger partial charge on any atom is -0.478 e. The predicted molar refractivity (Wildman–Crippen MR) is 74.7 cm³/mol. The van der Waals surface area contributed by atoms with E-state index in [2.05, 4.69) is 0 Å². The number of halogens is 4. The van der Waals surface area contributed by atoms with Gasteiger partial charge in [0.2, 0.25) is 0 Å². The third-order valence-corrected chi connectivity index (χ3v) is 2.98. The zero-order chi connectivity index (χ0) is 18.0. The second-order valence-corrected chi connectivity index (χ2v) is 6.33. The molecule has 0 saturated carbocycles. The van der Waals surface area contributed by atoms with Gasteiger partial charge in [0.1, 0.15) is 11.9 Å². The summed E-state index contributed by atoms with van der Waals surface area (Å²) in [6.07, 6.45) is -5.06. The fraction of sp³-hybridized carbons (Fsp3) is 0.467. The van der Waals surface area contributed by atoms with Crippen molar-refractivity contribution in [3.63, 3.8) is 0 Å². The highest BCUT2D eigenvalue weighted by Gasteiger charge is 2.42. The molecule has 4 nitrogen and oxygen atoms in total. The Morgan fingerprint density at radius 3 is 2.17 bits per heavy atom. The Morgan fingerprint density at radius 2 is 1.78 bits per heavy atom. The zero-order valence-corrected chi connectivity index (χ0v) is 12.8. The van der Waals surface area contributed by atoms with Gasteiger partial charge in [-0.2, -0.15) is 13.2 Å². The molecule has 8 heteroatoms. The predicted octanol–water partition coefficient (Wildman–Crippen LogP) is 3.62. The zero-order valence-electron chi connectivity index (χ0n) is 12.8. The molecule has 1 unspecified atom stereocenters. The number of amides is 1. The largest absolute Gasteiger partial charge is 0.478 e. The molecule has 0 radical (unpaired) electrons. The van der Waals surface area contributed by atoms with E-state index in [1.165, 1.54) is 0 Å². The number of nitrogens with one attached hydrogen (secondary N) is 1. The van der Waals surface area contributed by atoms with Gasteiger partial charge in [0.15, 0.2) is 0 Å². The number of carbonyl (C=O) groups is 2. The summed E-state index contributed by atoms with van der Waals surface area (Å²) in [6.45, 7) is 4.75. The Bertz CT molecular complexity index is 606. The van der Waals surface area contributed by atoms with Crippen LogP contribution in [-0.2, 0) is 0 Å². The Morgan fingerprint density at radius 1 is 1.22 bits per heavy atom. The van der Waals surface area contributed by atoms with Crippen LogP contribution in [0.3, 0.4) is 0 Å². The minimum atomic E-state index is -4.68. The molecule has 0 aliphatic heterocycles. The van der Waals surface area contributed by atoms with Crippen LogP contribution < -0.4 is 5.32 Å². The summed E-state index contributed by atoms with van der Waals surface area (Å²) in [5, 5.41) is 10.5. The molecule has 0 aromatic heterocycles. The number of benzene rings is 1. The maximum Gasteiger partial charge on any atom is 0.408 e. The van der Waals surface area contributed by atoms with Crippen molar-refractivity contribution in [3.05, 3.63) is 35.1 Å². The van der Waals surface area contributed by atoms with Gasteiger partial charge in [0.05, 0.1) is 11.1 Å². The van der Waals surface area contributed by atoms with Crippen LogP contribution in [0.5, 0.6) is 0 Å². The normalized spacial score (nSPS) is 13.5. The number of aromatic carboxylic acids is 1. The first kappa shape index (κ1) is 18.9. The lowest BCUT2D eigenvalue weighted by molar-refractivity contribution is -0.159. The molecule has 0 fully saturated rings. The smallest absolute Gasteiger partial charge is 0.408 e. The van der Waals surface area contributed by atoms with Crippen molar-refractivity contribution in [1.29, 1.82) is 0 Å². The lowest BCUT2D eigenvalue weighted by Crippen LogP contribution is -2.47. The molecule has 0 spiro atoms. The number of carbonyl (C=O) groups excluding carboxylic acids is 1. The van der Waals surface area contributed by atoms with Crippen LogP contribution in [0.1, 0.15) is 47.9 Å². The highest BCUT2D eigenvalue weighted by molar-refractivity contribution is 5.96. The van der Waals surface area contributed by atoms with E-state index in [0.717, 1.165) is 12.1 Å². The molecule has 0 aliphatic carbocycles. The molecule has 2 N–H and O–H groups in total. The van der Waals surface area contributed by atoms with Gasteiger partial charge >= 0.3 is 12.1 Å². The fourth-order valence-electron chi connectivity index (χ4n) is 1.93. The van der Waals surface area contributed by atoms with E-state index in [1.54, 1.807) is 26.1 Å². The van der Waals surface area contributed by atoms with Gasteiger partial charge in [-0.1, -0.05) is 20.8 Å². The first-order valence-electron chi connectivity index (χ1n) is 6.71. The standard InChI is InChI=1S/C15H17F4NO3/c1-14(2,3)7-11(15(17,18)19)20-12(21)9-5-4-8(13(22)23)6-10(9)16/h4-6,11H,7H2,1-3H3,(H,20,21)(H,22,23). The van der Waals surface area contributed by atoms with Gasteiger partial charge < -0.3 is 10.4 Å². The van der Waals surface area contributed by atoms with Crippen molar-refractivity contribution in [3.8, 4) is 0 Å². The Hall–Kier alpha value is -2.12. The molecular formula is C15H17F4NO3. The SMILES string of the molecule is CC(C)(C)CC(NC(=O)c1ccc(C(=O)O)cc1F)C(F)(F)F. The molecule has 1 aromatic rings. The third kappa shape index (κ3) is 5.54. The molecule has 0 heterocycles. The summed E-state index contributed by atoms with van der Waals surface area (Å²) in [4.78, 5) is 22.6. The molecular weight excluding hydrogens is 318 g/mol. The van der Waals surface area contributed by atoms with Crippen LogP contribution in [0, 0.1) is 11.2 Å². The van der Waals surface area contributed by atoms with Crippen LogP contribution in [0.4, 0.5) is 17.6 Å². The molecule has 128 valence electrons. The van der Waals surface area contributed by atoms with Gasteiger partial charge in [0, 0.05) is 0 Å². The van der Waals surface area contributed by atoms with Crippen molar-refractivity contribution in [1.82, 2.24) is 5.32 Å². The second kappa shape index (κ2) is 6.55. The van der Waals surface area contributed by atoms with E-state index in [4.69, 9.17) is 5.11 Å². The Balaban J connectivity index is 3.02. The van der Waals surface area contributed by atoms with Crippen LogP contribution in [0.2, 0.25) is 0 Å². The summed E-state index contributed by atoms with van der Waals surface area (Å²) in [6, 6.07) is 0.253. The summed E-state index contributed by atoms with van der Waals surface area (Å²) in [5.41, 5.74) is -1.75. The monoisotopic (exact) mass is 335 g/mol. The quantitative estimate of drug-likeness (QED) is 0.826. The molecule has 0 aliphatic rings. The average molecular weight is 335 g/mol. The summed E-state index contributed by atoms with van der Waals surface area (Å²) < 4.78 is 52.8. The molecule has 1 atom stereocenters. The molecule has 23 heavy (non-hydrogen) atoms. The van der Waals surface area contributed by atoms with E-state index in [1.807, 2.05) is 0 Å². The van der Waals surface area contributed by atoms with E-state index >= 15 is 0 Å². The van der Waals surface area contributed by atoms with Crippen molar-refractivity contribution >= 4 is 11.9 Å². The van der Waals surface area contributed by atoms with Crippen LogP contribution >= 0.6 is 0 Å². The molecule has 0 bridgehead atoms. The van der Waals surface area contributed by atoms with Crippen molar-refractivity contribution < 1.29 is 32.3 Å². The van der Waals surface area contributed by atoms with Gasteiger partial charge in [-0.3, -0.25) is 4.79 Å².